The van der Waals surface area contributed by atoms with Crippen LogP contribution < -0.4 is 4.90 Å². The van der Waals surface area contributed by atoms with Gasteiger partial charge in [-0.15, -0.1) is 11.3 Å². The number of rotatable bonds is 8. The number of fused-ring (bicyclic) bond motifs is 1. The molecule has 0 N–H and O–H groups in total. The Bertz CT molecular complexity index is 1100. The Balaban J connectivity index is 1.42. The number of carbonyl (C=O) groups is 2. The van der Waals surface area contributed by atoms with E-state index in [1.807, 2.05) is 4.90 Å². The van der Waals surface area contributed by atoms with Gasteiger partial charge in [-0.25, -0.2) is 19.9 Å². The van der Waals surface area contributed by atoms with Crippen molar-refractivity contribution in [1.82, 2.24) is 34.3 Å². The number of thiazole rings is 1. The molecule has 1 aliphatic rings. The Morgan fingerprint density at radius 1 is 1.00 bits per heavy atom. The zero-order valence-electron chi connectivity index (χ0n) is 19.5. The molecule has 4 heterocycles. The second kappa shape index (κ2) is 9.92. The molecule has 0 radical (unpaired) electrons. The van der Waals surface area contributed by atoms with Crippen molar-refractivity contribution in [3.8, 4) is 0 Å². The Hall–Kier alpha value is -2.92. The van der Waals surface area contributed by atoms with Crippen molar-refractivity contribution < 1.29 is 9.59 Å². The van der Waals surface area contributed by atoms with E-state index in [1.54, 1.807) is 22.5 Å². The van der Waals surface area contributed by atoms with Gasteiger partial charge in [-0.2, -0.15) is 0 Å². The molecule has 3 aromatic heterocycles. The summed E-state index contributed by atoms with van der Waals surface area (Å²) < 4.78 is 1.74. The molecule has 0 spiro atoms. The molecule has 0 saturated carbocycles. The first-order valence-electron chi connectivity index (χ1n) is 11.2. The van der Waals surface area contributed by atoms with Gasteiger partial charge < -0.3 is 14.4 Å². The quantitative estimate of drug-likeness (QED) is 0.461. The number of hydrogen-bond donors (Lipinski definition) is 0. The summed E-state index contributed by atoms with van der Waals surface area (Å²) in [6.07, 6.45) is 4.78. The number of amides is 1. The molecule has 0 bridgehead atoms. The molecule has 0 aromatic carbocycles. The van der Waals surface area contributed by atoms with Crippen LogP contribution in [-0.2, 0) is 11.3 Å². The second-order valence-electron chi connectivity index (χ2n) is 8.75. The lowest BCUT2D eigenvalue weighted by atomic mass is 10.2. The number of anilines is 1. The summed E-state index contributed by atoms with van der Waals surface area (Å²) in [5.74, 6) is 0.860. The number of hydrogen-bond acceptors (Lipinski definition) is 9. The average Bonchev–Trinajstić information content (AvgIpc) is 3.44. The number of Topliss-reactive ketones (excluding diaryl/α,β-unsaturated/α-hetero) is 1. The largest absolute Gasteiger partial charge is 0.352 e. The molecule has 4 rings (SSSR count). The Labute approximate surface area is 197 Å². The first-order valence-corrected chi connectivity index (χ1v) is 12.1. The first-order chi connectivity index (χ1) is 15.8. The fraction of sp³-hybridized carbons (Fsp3) is 0.545. The van der Waals surface area contributed by atoms with Crippen LogP contribution in [0.4, 0.5) is 5.82 Å². The number of aromatic nitrogens is 5. The molecule has 1 amide bonds. The maximum atomic E-state index is 12.8. The Morgan fingerprint density at radius 3 is 2.36 bits per heavy atom. The highest BCUT2D eigenvalue weighted by Crippen LogP contribution is 2.23. The van der Waals surface area contributed by atoms with Crippen LogP contribution in [0.15, 0.2) is 24.2 Å². The van der Waals surface area contributed by atoms with Crippen molar-refractivity contribution in [3.05, 3.63) is 29.2 Å². The van der Waals surface area contributed by atoms with E-state index in [4.69, 9.17) is 0 Å². The van der Waals surface area contributed by atoms with E-state index in [2.05, 4.69) is 57.4 Å². The van der Waals surface area contributed by atoms with Gasteiger partial charge in [0.2, 0.25) is 11.7 Å². The molecule has 1 saturated heterocycles. The normalized spacial score (nSPS) is 15.0. The van der Waals surface area contributed by atoms with Crippen LogP contribution in [0.5, 0.6) is 0 Å². The van der Waals surface area contributed by atoms with E-state index in [-0.39, 0.29) is 30.3 Å². The Kier molecular flexibility index (Phi) is 6.99. The van der Waals surface area contributed by atoms with Crippen LogP contribution >= 0.6 is 11.3 Å². The van der Waals surface area contributed by atoms with Crippen LogP contribution in [-0.4, -0.2) is 90.8 Å². The third-order valence-corrected chi connectivity index (χ3v) is 6.61. The zero-order chi connectivity index (χ0) is 23.5. The van der Waals surface area contributed by atoms with E-state index >= 15 is 0 Å². The third kappa shape index (κ3) is 5.03. The van der Waals surface area contributed by atoms with Gasteiger partial charge in [0.25, 0.3) is 0 Å². The third-order valence-electron chi connectivity index (χ3n) is 5.80. The molecule has 1 aliphatic heterocycles. The molecule has 176 valence electrons. The van der Waals surface area contributed by atoms with Crippen molar-refractivity contribution in [2.45, 2.75) is 46.3 Å². The van der Waals surface area contributed by atoms with Crippen molar-refractivity contribution in [2.75, 3.05) is 37.6 Å². The summed E-state index contributed by atoms with van der Waals surface area (Å²) in [7, 11) is 0. The van der Waals surface area contributed by atoms with Gasteiger partial charge in [-0.3, -0.25) is 14.5 Å². The summed E-state index contributed by atoms with van der Waals surface area (Å²) in [6.45, 7) is 11.8. The molecule has 33 heavy (non-hydrogen) atoms. The number of piperazine rings is 1. The minimum absolute atomic E-state index is 0.0698. The minimum Gasteiger partial charge on any atom is -0.352 e. The van der Waals surface area contributed by atoms with Gasteiger partial charge in [0.05, 0.1) is 19.4 Å². The standard InChI is InChI=1S/C22H30N8O2S/c1-15(2)30(16(3)4)18(32)12-27-6-8-28(9-7-27)20-19-21(25-13-24-20)29(14-26-19)11-17(31)22-23-5-10-33-22/h5,10,13-16H,6-9,11-12H2,1-4H3. The smallest absolute Gasteiger partial charge is 0.237 e. The number of imidazole rings is 1. The van der Waals surface area contributed by atoms with Gasteiger partial charge in [0, 0.05) is 49.8 Å². The highest BCUT2D eigenvalue weighted by Gasteiger charge is 2.26. The highest BCUT2D eigenvalue weighted by molar-refractivity contribution is 7.11. The van der Waals surface area contributed by atoms with Crippen LogP contribution in [0.3, 0.4) is 0 Å². The predicted octanol–water partition coefficient (Wildman–Crippen LogP) is 1.93. The zero-order valence-corrected chi connectivity index (χ0v) is 20.3. The van der Waals surface area contributed by atoms with E-state index in [0.717, 1.165) is 32.0 Å². The highest BCUT2D eigenvalue weighted by atomic mass is 32.1. The van der Waals surface area contributed by atoms with E-state index in [9.17, 15) is 9.59 Å². The van der Waals surface area contributed by atoms with Crippen LogP contribution in [0.25, 0.3) is 11.2 Å². The fourth-order valence-electron chi connectivity index (χ4n) is 4.36. The van der Waals surface area contributed by atoms with Gasteiger partial charge in [0.15, 0.2) is 22.0 Å². The lowest BCUT2D eigenvalue weighted by Gasteiger charge is -2.37. The molecule has 0 atom stereocenters. The molecule has 1 fully saturated rings. The fourth-order valence-corrected chi connectivity index (χ4v) is 4.93. The van der Waals surface area contributed by atoms with Crippen LogP contribution in [0, 0.1) is 0 Å². The van der Waals surface area contributed by atoms with Crippen molar-refractivity contribution in [1.29, 1.82) is 0 Å². The lowest BCUT2D eigenvalue weighted by Crippen LogP contribution is -2.52. The minimum atomic E-state index is -0.0698. The molecule has 11 heteroatoms. The van der Waals surface area contributed by atoms with Gasteiger partial charge in [-0.05, 0) is 27.7 Å². The summed E-state index contributed by atoms with van der Waals surface area (Å²) >= 11 is 1.33. The molecule has 3 aromatic rings. The SMILES string of the molecule is CC(C)N(C(=O)CN1CCN(c2ncnc3c2ncn3CC(=O)c2nccs2)CC1)C(C)C. The van der Waals surface area contributed by atoms with Gasteiger partial charge in [-0.1, -0.05) is 0 Å². The van der Waals surface area contributed by atoms with Crippen molar-refractivity contribution >= 4 is 40.0 Å². The monoisotopic (exact) mass is 470 g/mol. The molecule has 0 aliphatic carbocycles. The van der Waals surface area contributed by atoms with Crippen LogP contribution in [0.1, 0.15) is 37.5 Å². The second-order valence-corrected chi connectivity index (χ2v) is 9.65. The lowest BCUT2D eigenvalue weighted by molar-refractivity contribution is -0.136. The van der Waals surface area contributed by atoms with E-state index in [0.29, 0.717) is 22.7 Å². The molecule has 0 unspecified atom stereocenters. The molecule has 10 nitrogen and oxygen atoms in total. The van der Waals surface area contributed by atoms with Gasteiger partial charge >= 0.3 is 0 Å². The van der Waals surface area contributed by atoms with Crippen molar-refractivity contribution in [3.63, 3.8) is 0 Å². The Morgan fingerprint density at radius 2 is 1.73 bits per heavy atom. The first kappa shape index (κ1) is 23.2. The topological polar surface area (TPSA) is 100 Å². The summed E-state index contributed by atoms with van der Waals surface area (Å²) in [6, 6.07) is 0.372. The number of ketones is 1. The number of nitrogens with zero attached hydrogens (tertiary/aromatic N) is 8. The summed E-state index contributed by atoms with van der Waals surface area (Å²) in [5, 5.41) is 2.26. The molecular weight excluding hydrogens is 440 g/mol. The van der Waals surface area contributed by atoms with E-state index < -0.39 is 0 Å². The summed E-state index contributed by atoms with van der Waals surface area (Å²) in [5.41, 5.74) is 1.31. The maximum absolute atomic E-state index is 12.8. The summed E-state index contributed by atoms with van der Waals surface area (Å²) in [4.78, 5) is 49.0. The van der Waals surface area contributed by atoms with Crippen molar-refractivity contribution in [2.24, 2.45) is 0 Å². The van der Waals surface area contributed by atoms with Gasteiger partial charge in [0.1, 0.15) is 6.33 Å². The predicted molar refractivity (Wildman–Crippen MR) is 128 cm³/mol. The molecular formula is C22H30N8O2S. The maximum Gasteiger partial charge on any atom is 0.237 e. The number of carbonyl (C=O) groups excluding carboxylic acids is 2. The average molecular weight is 471 g/mol. The van der Waals surface area contributed by atoms with Crippen LogP contribution in [0.2, 0.25) is 0 Å². The van der Waals surface area contributed by atoms with E-state index in [1.165, 1.54) is 17.7 Å².